The van der Waals surface area contributed by atoms with E-state index in [0.717, 1.165) is 28.5 Å². The van der Waals surface area contributed by atoms with Gasteiger partial charge in [0.05, 0.1) is 9.52 Å². The molecule has 152 valence electrons. The van der Waals surface area contributed by atoms with Crippen molar-refractivity contribution in [2.24, 2.45) is 0 Å². The van der Waals surface area contributed by atoms with Crippen molar-refractivity contribution < 1.29 is 55.8 Å². The van der Waals surface area contributed by atoms with Gasteiger partial charge in [-0.1, -0.05) is 50.6 Å². The van der Waals surface area contributed by atoms with Gasteiger partial charge in [0.15, 0.2) is 14.1 Å². The van der Waals surface area contributed by atoms with E-state index < -0.39 is 16.4 Å². The Morgan fingerprint density at radius 1 is 1.07 bits per heavy atom. The molecule has 0 bridgehead atoms. The van der Waals surface area contributed by atoms with E-state index in [1.165, 1.54) is 16.8 Å². The van der Waals surface area contributed by atoms with Crippen molar-refractivity contribution in [3.05, 3.63) is 70.1 Å². The summed E-state index contributed by atoms with van der Waals surface area (Å²) in [6, 6.07) is 9.32. The van der Waals surface area contributed by atoms with Gasteiger partial charge < -0.3 is 35.8 Å². The minimum absolute atomic E-state index is 0. The fraction of sp³-hybridized carbons (Fsp3) is 0.333. The molecule has 0 saturated carbocycles. The smallest absolute Gasteiger partial charge is 1.00 e. The second-order valence-electron chi connectivity index (χ2n) is 8.72. The Morgan fingerprint density at radius 2 is 1.69 bits per heavy atom. The van der Waals surface area contributed by atoms with Gasteiger partial charge in [0.25, 0.3) is 0 Å². The van der Waals surface area contributed by atoms with Crippen LogP contribution in [0.5, 0.6) is 0 Å². The fourth-order valence-corrected chi connectivity index (χ4v) is 5.34. The number of ketones is 1. The maximum Gasteiger partial charge on any atom is 4.00 e. The second-order valence-corrected chi connectivity index (χ2v) is 19.3. The molecule has 4 rings (SSSR count). The number of rotatable bonds is 4. The van der Waals surface area contributed by atoms with Crippen LogP contribution in [0.1, 0.15) is 11.1 Å². The summed E-state index contributed by atoms with van der Waals surface area (Å²) in [7, 11) is -1.74. The van der Waals surface area contributed by atoms with Gasteiger partial charge in [-0.2, -0.15) is 0 Å². The number of hydrogen-bond acceptors (Lipinski definition) is 2. The molecule has 2 radical (unpaired) electrons. The van der Waals surface area contributed by atoms with E-state index in [-0.39, 0.29) is 52.3 Å². The molecular formula is C21H26Cl2O2Si3Ti. The molecule has 2 aliphatic carbocycles. The van der Waals surface area contributed by atoms with Crippen LogP contribution in [-0.2, 0) is 30.9 Å². The Balaban J connectivity index is 0.000000516. The molecule has 0 saturated heterocycles. The number of benzene rings is 1. The summed E-state index contributed by atoms with van der Waals surface area (Å²) in [6.07, 6.45) is 5.16. The summed E-state index contributed by atoms with van der Waals surface area (Å²) in [4.78, 5) is 11.6. The van der Waals surface area contributed by atoms with Crippen molar-refractivity contribution in [3.63, 3.8) is 0 Å². The SMILES string of the molecule is O=C1C=C2C(=[C-]c3ccccc32)C2=C1[Si]2.[CH2-][Si](C)(C)CCO[Si](C)(C)C.[Cl-].[Cl-].[Ti+4]. The predicted octanol–water partition coefficient (Wildman–Crippen LogP) is -1.40. The average Bonchev–Trinajstić information content (AvgIpc) is 3.23. The Hall–Kier alpha value is 0.0149. The number of halogens is 2. The minimum Gasteiger partial charge on any atom is -1.00 e. The Bertz CT molecular complexity index is 836. The summed E-state index contributed by atoms with van der Waals surface area (Å²) < 4.78 is 5.74. The third kappa shape index (κ3) is 7.89. The van der Waals surface area contributed by atoms with Crippen LogP contribution in [0.25, 0.3) is 5.57 Å². The number of carbonyl (C=O) groups excluding carboxylic acids is 1. The molecule has 1 aromatic carbocycles. The summed E-state index contributed by atoms with van der Waals surface area (Å²) >= 11 is 0. The second kappa shape index (κ2) is 11.0. The molecule has 0 amide bonds. The van der Waals surface area contributed by atoms with Gasteiger partial charge >= 0.3 is 21.7 Å². The normalized spacial score (nSPS) is 15.7. The Morgan fingerprint density at radius 3 is 2.28 bits per heavy atom. The van der Waals surface area contributed by atoms with Crippen LogP contribution in [0.3, 0.4) is 0 Å². The summed E-state index contributed by atoms with van der Waals surface area (Å²) in [5.41, 5.74) is 4.53. The molecule has 3 aliphatic rings. The first-order chi connectivity index (χ1) is 12.1. The minimum atomic E-state index is -1.26. The van der Waals surface area contributed by atoms with Crippen LogP contribution >= 0.6 is 0 Å². The zero-order chi connectivity index (χ0) is 19.1. The Kier molecular flexibility index (Phi) is 11.1. The molecule has 1 aliphatic heterocycles. The van der Waals surface area contributed by atoms with E-state index in [2.05, 4.69) is 57.5 Å². The van der Waals surface area contributed by atoms with Crippen LogP contribution in [0, 0.1) is 12.6 Å². The van der Waals surface area contributed by atoms with Gasteiger partial charge in [-0.25, -0.2) is 0 Å². The summed E-state index contributed by atoms with van der Waals surface area (Å²) in [5.74, 6) is 0.209. The zero-order valence-corrected chi connectivity index (χ0v) is 23.7. The fourth-order valence-electron chi connectivity index (χ4n) is 2.81. The molecule has 1 aromatic rings. The third-order valence-electron chi connectivity index (χ3n) is 4.27. The number of hydrogen-bond donors (Lipinski definition) is 0. The van der Waals surface area contributed by atoms with E-state index in [1.807, 2.05) is 12.1 Å². The summed E-state index contributed by atoms with van der Waals surface area (Å²) in [6.45, 7) is 16.3. The molecule has 0 aromatic heterocycles. The maximum absolute atomic E-state index is 11.6. The van der Waals surface area contributed by atoms with E-state index in [4.69, 9.17) is 4.43 Å². The van der Waals surface area contributed by atoms with Crippen LogP contribution in [-0.4, -0.2) is 38.3 Å². The van der Waals surface area contributed by atoms with E-state index in [1.54, 1.807) is 6.08 Å². The zero-order valence-electron chi connectivity index (χ0n) is 17.6. The van der Waals surface area contributed by atoms with Crippen molar-refractivity contribution in [1.29, 1.82) is 0 Å². The molecule has 0 atom stereocenters. The molecule has 0 N–H and O–H groups in total. The number of fused-ring (bicyclic) bond motifs is 4. The van der Waals surface area contributed by atoms with Crippen LogP contribution < -0.4 is 24.8 Å². The van der Waals surface area contributed by atoms with Gasteiger partial charge in [0.2, 0.25) is 0 Å². The Labute approximate surface area is 207 Å². The van der Waals surface area contributed by atoms with Gasteiger partial charge in [-0.05, 0) is 25.7 Å². The molecule has 0 spiro atoms. The van der Waals surface area contributed by atoms with Crippen molar-refractivity contribution >= 4 is 37.3 Å². The van der Waals surface area contributed by atoms with Gasteiger partial charge in [-0.3, -0.25) is 4.79 Å². The van der Waals surface area contributed by atoms with Crippen molar-refractivity contribution in [3.8, 4) is 0 Å². The van der Waals surface area contributed by atoms with Crippen LogP contribution in [0.2, 0.25) is 38.8 Å². The first kappa shape index (κ1) is 29.0. The van der Waals surface area contributed by atoms with Gasteiger partial charge in [0, 0.05) is 6.61 Å². The summed E-state index contributed by atoms with van der Waals surface area (Å²) in [5, 5.41) is 2.27. The van der Waals surface area contributed by atoms with Gasteiger partial charge in [-0.15, -0.1) is 39.6 Å². The van der Waals surface area contributed by atoms with Crippen molar-refractivity contribution in [2.75, 3.05) is 6.61 Å². The first-order valence-electron chi connectivity index (χ1n) is 9.06. The molecule has 2 nitrogen and oxygen atoms in total. The largest absolute Gasteiger partial charge is 4.00 e. The quantitative estimate of drug-likeness (QED) is 0.366. The molecule has 0 fully saturated rings. The van der Waals surface area contributed by atoms with Crippen molar-refractivity contribution in [2.45, 2.75) is 38.8 Å². The van der Waals surface area contributed by atoms with E-state index >= 15 is 0 Å². The monoisotopic (exact) mass is 512 g/mol. The standard InChI is InChI=1S/C13H5OSi.C8H21OSi2.2ClH.Ti/c14-11-6-9-8-4-2-1-3-7(8)5-10(9)12-13(11)15-12;1-10(2,3)8-7-9-11(4,5)6;;;/h1-4,6H;1,7-8H2,2-6H3;2*1H;/q2*-1;;;+4/p-2. The molecule has 8 heteroatoms. The van der Waals surface area contributed by atoms with Crippen molar-refractivity contribution in [1.82, 2.24) is 0 Å². The molecular weight excluding hydrogens is 487 g/mol. The van der Waals surface area contributed by atoms with Gasteiger partial charge in [0.1, 0.15) is 0 Å². The topological polar surface area (TPSA) is 26.3 Å². The predicted molar refractivity (Wildman–Crippen MR) is 115 cm³/mol. The molecule has 0 unspecified atom stereocenters. The van der Waals surface area contributed by atoms with E-state index in [0.29, 0.717) is 9.52 Å². The van der Waals surface area contributed by atoms with Crippen LogP contribution in [0.4, 0.5) is 0 Å². The molecule has 1 heterocycles. The average molecular weight is 513 g/mol. The van der Waals surface area contributed by atoms with E-state index in [9.17, 15) is 4.79 Å². The number of carbonyl (C=O) groups is 1. The van der Waals surface area contributed by atoms with Crippen LogP contribution in [0.15, 0.2) is 46.3 Å². The third-order valence-corrected chi connectivity index (χ3v) is 8.14. The maximum atomic E-state index is 11.6. The molecule has 29 heavy (non-hydrogen) atoms. The first-order valence-corrected chi connectivity index (χ1v) is 16.9. The number of allylic oxidation sites excluding steroid dienone is 5.